The third-order valence-electron chi connectivity index (χ3n) is 4.37. The van der Waals surface area contributed by atoms with E-state index < -0.39 is 15.9 Å². The van der Waals surface area contributed by atoms with Crippen LogP contribution in [-0.4, -0.2) is 61.5 Å². The minimum absolute atomic E-state index is 0.0606. The van der Waals surface area contributed by atoms with Crippen LogP contribution in [0.15, 0.2) is 28.2 Å². The molecular weight excluding hydrogens is 396 g/mol. The van der Waals surface area contributed by atoms with Gasteiger partial charge < -0.3 is 10.1 Å². The van der Waals surface area contributed by atoms with Gasteiger partial charge in [0.25, 0.3) is 5.91 Å². The van der Waals surface area contributed by atoms with Crippen LogP contribution < -0.4 is 10.1 Å². The molecule has 10 heteroatoms. The summed E-state index contributed by atoms with van der Waals surface area (Å²) < 4.78 is 32.8. The number of sulfonamides is 1. The third kappa shape index (κ3) is 5.33. The molecule has 1 N–H and O–H groups in total. The first-order valence-corrected chi connectivity index (χ1v) is 11.0. The molecule has 0 fully saturated rings. The van der Waals surface area contributed by atoms with Gasteiger partial charge in [0.15, 0.2) is 0 Å². The number of anilines is 1. The van der Waals surface area contributed by atoms with Crippen LogP contribution in [0.3, 0.4) is 0 Å². The molecule has 1 aromatic carbocycles. The SMILES string of the molecule is CCN(CC)S(=O)(=O)c1ccc(OC(C)C)c(NC(=O)C2=NN(C)C(=O)CC2)c1. The van der Waals surface area contributed by atoms with E-state index >= 15 is 0 Å². The first kappa shape index (κ1) is 22.8. The Morgan fingerprint density at radius 1 is 1.28 bits per heavy atom. The lowest BCUT2D eigenvalue weighted by Crippen LogP contribution is -2.34. The van der Waals surface area contributed by atoms with Gasteiger partial charge in [0.1, 0.15) is 11.5 Å². The van der Waals surface area contributed by atoms with Crippen LogP contribution in [0.25, 0.3) is 0 Å². The molecule has 0 saturated heterocycles. The zero-order valence-corrected chi connectivity index (χ0v) is 18.2. The molecule has 2 rings (SSSR count). The van der Waals surface area contributed by atoms with E-state index in [0.717, 1.165) is 5.01 Å². The molecule has 9 nitrogen and oxygen atoms in total. The maximum absolute atomic E-state index is 12.9. The molecule has 2 amide bonds. The van der Waals surface area contributed by atoms with Crippen molar-refractivity contribution in [3.05, 3.63) is 18.2 Å². The van der Waals surface area contributed by atoms with E-state index in [1.165, 1.54) is 29.6 Å². The van der Waals surface area contributed by atoms with Crippen LogP contribution in [0.4, 0.5) is 5.69 Å². The maximum Gasteiger partial charge on any atom is 0.271 e. The molecule has 0 unspecified atom stereocenters. The zero-order chi connectivity index (χ0) is 21.8. The van der Waals surface area contributed by atoms with Gasteiger partial charge in [-0.05, 0) is 32.0 Å². The summed E-state index contributed by atoms with van der Waals surface area (Å²) in [6, 6.07) is 4.39. The molecule has 1 aromatic rings. The summed E-state index contributed by atoms with van der Waals surface area (Å²) in [6.07, 6.45) is 0.230. The maximum atomic E-state index is 12.9. The van der Waals surface area contributed by atoms with Gasteiger partial charge in [-0.25, -0.2) is 13.4 Å². The summed E-state index contributed by atoms with van der Waals surface area (Å²) in [7, 11) is -2.22. The fourth-order valence-electron chi connectivity index (χ4n) is 2.86. The van der Waals surface area contributed by atoms with Crippen molar-refractivity contribution in [3.63, 3.8) is 0 Å². The monoisotopic (exact) mass is 424 g/mol. The lowest BCUT2D eigenvalue weighted by molar-refractivity contribution is -0.130. The lowest BCUT2D eigenvalue weighted by Gasteiger charge is -2.22. The summed E-state index contributed by atoms with van der Waals surface area (Å²) in [4.78, 5) is 24.3. The van der Waals surface area contributed by atoms with E-state index in [9.17, 15) is 18.0 Å². The third-order valence-corrected chi connectivity index (χ3v) is 6.42. The van der Waals surface area contributed by atoms with Crippen molar-refractivity contribution in [2.24, 2.45) is 5.10 Å². The molecule has 0 saturated carbocycles. The van der Waals surface area contributed by atoms with Crippen molar-refractivity contribution in [2.45, 2.75) is 51.5 Å². The molecule has 0 aromatic heterocycles. The van der Waals surface area contributed by atoms with Crippen molar-refractivity contribution in [1.82, 2.24) is 9.31 Å². The van der Waals surface area contributed by atoms with Crippen molar-refractivity contribution >= 4 is 33.2 Å². The van der Waals surface area contributed by atoms with Gasteiger partial charge in [-0.1, -0.05) is 13.8 Å². The second-order valence-corrected chi connectivity index (χ2v) is 8.77. The smallest absolute Gasteiger partial charge is 0.271 e. The van der Waals surface area contributed by atoms with E-state index in [-0.39, 0.29) is 41.1 Å². The number of carbonyl (C=O) groups is 2. The van der Waals surface area contributed by atoms with Gasteiger partial charge in [-0.3, -0.25) is 9.59 Å². The van der Waals surface area contributed by atoms with Crippen LogP contribution >= 0.6 is 0 Å². The van der Waals surface area contributed by atoms with Gasteiger partial charge >= 0.3 is 0 Å². The van der Waals surface area contributed by atoms with Crippen LogP contribution in [0.5, 0.6) is 5.75 Å². The van der Waals surface area contributed by atoms with Crippen molar-refractivity contribution in [3.8, 4) is 5.75 Å². The van der Waals surface area contributed by atoms with Gasteiger partial charge in [-0.2, -0.15) is 9.41 Å². The number of rotatable bonds is 8. The molecular formula is C19H28N4O5S. The Labute approximate surface area is 171 Å². The van der Waals surface area contributed by atoms with Crippen LogP contribution in [-0.2, 0) is 19.6 Å². The summed E-state index contributed by atoms with van der Waals surface area (Å²) in [5.74, 6) is -0.319. The number of ether oxygens (including phenoxy) is 1. The molecule has 1 aliphatic heterocycles. The van der Waals surface area contributed by atoms with Crippen molar-refractivity contribution in [2.75, 3.05) is 25.5 Å². The second kappa shape index (κ2) is 9.36. The van der Waals surface area contributed by atoms with Gasteiger partial charge in [0.2, 0.25) is 15.9 Å². The summed E-state index contributed by atoms with van der Waals surface area (Å²) in [6.45, 7) is 7.86. The molecule has 160 valence electrons. The number of nitrogens with zero attached hydrogens (tertiary/aromatic N) is 3. The molecule has 0 bridgehead atoms. The number of carbonyl (C=O) groups excluding carboxylic acids is 2. The van der Waals surface area contributed by atoms with Crippen LogP contribution in [0.1, 0.15) is 40.5 Å². The zero-order valence-electron chi connectivity index (χ0n) is 17.4. The summed E-state index contributed by atoms with van der Waals surface area (Å²) in [5, 5.41) is 7.82. The topological polar surface area (TPSA) is 108 Å². The van der Waals surface area contributed by atoms with Gasteiger partial charge in [0, 0.05) is 33.0 Å². The Morgan fingerprint density at radius 2 is 1.93 bits per heavy atom. The minimum Gasteiger partial charge on any atom is -0.489 e. The Kier molecular flexibility index (Phi) is 7.37. The van der Waals surface area contributed by atoms with Gasteiger partial charge in [0.05, 0.1) is 16.7 Å². The number of nitrogens with one attached hydrogen (secondary N) is 1. The first-order valence-electron chi connectivity index (χ1n) is 9.56. The second-order valence-electron chi connectivity index (χ2n) is 6.83. The highest BCUT2D eigenvalue weighted by molar-refractivity contribution is 7.89. The average molecular weight is 425 g/mol. The number of hydrogen-bond acceptors (Lipinski definition) is 6. The predicted octanol–water partition coefficient (Wildman–Crippen LogP) is 2.05. The first-order chi connectivity index (χ1) is 13.6. The fraction of sp³-hybridized carbons (Fsp3) is 0.526. The Morgan fingerprint density at radius 3 is 2.48 bits per heavy atom. The Balaban J connectivity index is 2.41. The van der Waals surface area contributed by atoms with Crippen molar-refractivity contribution < 1.29 is 22.7 Å². The van der Waals surface area contributed by atoms with E-state index in [1.807, 2.05) is 13.8 Å². The number of amides is 2. The highest BCUT2D eigenvalue weighted by Gasteiger charge is 2.26. The number of hydrogen-bond donors (Lipinski definition) is 1. The molecule has 29 heavy (non-hydrogen) atoms. The van der Waals surface area contributed by atoms with E-state index in [2.05, 4.69) is 10.4 Å². The normalized spacial score (nSPS) is 14.9. The summed E-state index contributed by atoms with van der Waals surface area (Å²) >= 11 is 0. The highest BCUT2D eigenvalue weighted by atomic mass is 32.2. The predicted molar refractivity (Wildman–Crippen MR) is 110 cm³/mol. The van der Waals surface area contributed by atoms with Gasteiger partial charge in [-0.15, -0.1) is 0 Å². The molecule has 0 spiro atoms. The van der Waals surface area contributed by atoms with Crippen LogP contribution in [0, 0.1) is 0 Å². The molecule has 0 aliphatic carbocycles. The lowest BCUT2D eigenvalue weighted by atomic mass is 10.1. The largest absolute Gasteiger partial charge is 0.489 e. The van der Waals surface area contributed by atoms with E-state index in [4.69, 9.17) is 4.74 Å². The Bertz CT molecular complexity index is 907. The quantitative estimate of drug-likeness (QED) is 0.687. The minimum atomic E-state index is -3.70. The molecule has 0 radical (unpaired) electrons. The highest BCUT2D eigenvalue weighted by Crippen LogP contribution is 2.30. The van der Waals surface area contributed by atoms with Crippen LogP contribution in [0.2, 0.25) is 0 Å². The summed E-state index contributed by atoms with van der Waals surface area (Å²) in [5.41, 5.74) is 0.429. The molecule has 0 atom stereocenters. The number of hydrazone groups is 1. The molecule has 1 heterocycles. The average Bonchev–Trinajstić information content (AvgIpc) is 2.65. The Hall–Kier alpha value is -2.46. The van der Waals surface area contributed by atoms with E-state index in [0.29, 0.717) is 18.8 Å². The number of benzene rings is 1. The van der Waals surface area contributed by atoms with E-state index in [1.54, 1.807) is 13.8 Å². The van der Waals surface area contributed by atoms with Crippen molar-refractivity contribution in [1.29, 1.82) is 0 Å². The molecule has 1 aliphatic rings. The fourth-order valence-corrected chi connectivity index (χ4v) is 4.35. The standard InChI is InChI=1S/C19H28N4O5S/c1-6-23(7-2)29(26,27)14-8-10-17(28-13(3)4)16(12-14)20-19(25)15-9-11-18(24)22(5)21-15/h8,10,12-13H,6-7,9,11H2,1-5H3,(H,20,25).